The van der Waals surface area contributed by atoms with E-state index in [0.717, 1.165) is 11.4 Å². The second kappa shape index (κ2) is 11.6. The molecule has 0 spiro atoms. The van der Waals surface area contributed by atoms with E-state index in [1.165, 1.54) is 66.1 Å². The van der Waals surface area contributed by atoms with E-state index in [2.05, 4.69) is 187 Å². The molecule has 0 saturated heterocycles. The predicted molar refractivity (Wildman–Crippen MR) is 193 cm³/mol. The molecule has 1 heteroatoms. The van der Waals surface area contributed by atoms with Gasteiger partial charge in [0.25, 0.3) is 0 Å². The fourth-order valence-electron chi connectivity index (χ4n) is 6.41. The van der Waals surface area contributed by atoms with Gasteiger partial charge in [0.15, 0.2) is 0 Å². The highest BCUT2D eigenvalue weighted by Crippen LogP contribution is 2.37. The summed E-state index contributed by atoms with van der Waals surface area (Å²) >= 11 is 0. The lowest BCUT2D eigenvalue weighted by Crippen LogP contribution is -1.93. The van der Waals surface area contributed by atoms with Crippen molar-refractivity contribution in [1.82, 2.24) is 0 Å². The number of nitrogens with one attached hydrogen (secondary N) is 1. The van der Waals surface area contributed by atoms with E-state index in [0.29, 0.717) is 0 Å². The Morgan fingerprint density at radius 3 is 1.31 bits per heavy atom. The van der Waals surface area contributed by atoms with Crippen molar-refractivity contribution in [2.75, 3.05) is 5.32 Å². The molecule has 0 bridgehead atoms. The predicted octanol–water partition coefficient (Wildman–Crippen LogP) is 12.4. The highest BCUT2D eigenvalue weighted by atomic mass is 14.9. The molecule has 45 heavy (non-hydrogen) atoms. The molecule has 0 amide bonds. The third-order valence-electron chi connectivity index (χ3n) is 8.68. The maximum atomic E-state index is 3.66. The van der Waals surface area contributed by atoms with Crippen molar-refractivity contribution in [2.45, 2.75) is 0 Å². The molecule has 8 aromatic rings. The molecule has 1 nitrogen and oxygen atoms in total. The van der Waals surface area contributed by atoms with Crippen LogP contribution in [0.2, 0.25) is 0 Å². The SMILES string of the molecule is c1ccc(-c2cc(Nc3ccc(-c4cccc5ccccc45)cc3)ccc2-c2ccc(-c3cccc4ccccc34)cc2)cc1. The van der Waals surface area contributed by atoms with E-state index in [1.54, 1.807) is 0 Å². The van der Waals surface area contributed by atoms with Gasteiger partial charge >= 0.3 is 0 Å². The zero-order valence-electron chi connectivity index (χ0n) is 24.8. The van der Waals surface area contributed by atoms with Crippen LogP contribution in [0.5, 0.6) is 0 Å². The number of benzene rings is 8. The number of fused-ring (bicyclic) bond motifs is 2. The Hall–Kier alpha value is -5.92. The molecule has 0 aromatic heterocycles. The minimum atomic E-state index is 1.06. The Kier molecular flexibility index (Phi) is 6.90. The molecule has 8 aromatic carbocycles. The largest absolute Gasteiger partial charge is 0.356 e. The molecular formula is C44H31N. The second-order valence-corrected chi connectivity index (χ2v) is 11.5. The van der Waals surface area contributed by atoms with Crippen molar-refractivity contribution in [3.63, 3.8) is 0 Å². The maximum Gasteiger partial charge on any atom is 0.0390 e. The minimum Gasteiger partial charge on any atom is -0.356 e. The highest BCUT2D eigenvalue weighted by molar-refractivity contribution is 5.98. The van der Waals surface area contributed by atoms with Gasteiger partial charge in [-0.2, -0.15) is 0 Å². The Labute approximate surface area is 264 Å². The molecule has 0 radical (unpaired) electrons. The third kappa shape index (κ3) is 5.26. The zero-order chi connectivity index (χ0) is 30.0. The highest BCUT2D eigenvalue weighted by Gasteiger charge is 2.11. The van der Waals surface area contributed by atoms with Gasteiger partial charge in [-0.3, -0.25) is 0 Å². The lowest BCUT2D eigenvalue weighted by Gasteiger charge is -2.15. The van der Waals surface area contributed by atoms with E-state index in [-0.39, 0.29) is 0 Å². The summed E-state index contributed by atoms with van der Waals surface area (Å²) in [7, 11) is 0. The normalized spacial score (nSPS) is 11.1. The number of hydrogen-bond acceptors (Lipinski definition) is 1. The van der Waals surface area contributed by atoms with Gasteiger partial charge in [-0.15, -0.1) is 0 Å². The molecule has 0 aliphatic heterocycles. The summed E-state index contributed by atoms with van der Waals surface area (Å²) in [5.74, 6) is 0. The van der Waals surface area contributed by atoms with Crippen LogP contribution >= 0.6 is 0 Å². The molecule has 0 aliphatic carbocycles. The van der Waals surface area contributed by atoms with Crippen molar-refractivity contribution in [2.24, 2.45) is 0 Å². The van der Waals surface area contributed by atoms with Crippen molar-refractivity contribution in [3.8, 4) is 44.5 Å². The molecule has 0 unspecified atom stereocenters. The zero-order valence-corrected chi connectivity index (χ0v) is 24.8. The summed E-state index contributed by atoms with van der Waals surface area (Å²) in [6, 6.07) is 65.2. The van der Waals surface area contributed by atoms with Crippen LogP contribution in [0.25, 0.3) is 66.1 Å². The molecule has 0 heterocycles. The standard InChI is InChI=1S/C44H31N/c1-2-10-33(11-3-1)44-30-38(45-37-26-24-36(25-27-37)42-19-9-15-32-13-5-7-17-40(32)42)28-29-43(44)35-22-20-34(21-23-35)41-18-8-14-31-12-4-6-16-39(31)41/h1-30,45H. The van der Waals surface area contributed by atoms with E-state index in [1.807, 2.05) is 0 Å². The van der Waals surface area contributed by atoms with Crippen LogP contribution in [0.4, 0.5) is 11.4 Å². The summed E-state index contributed by atoms with van der Waals surface area (Å²) in [6.07, 6.45) is 0. The van der Waals surface area contributed by atoms with Crippen molar-refractivity contribution < 1.29 is 0 Å². The first-order chi connectivity index (χ1) is 22.3. The van der Waals surface area contributed by atoms with Gasteiger partial charge in [0.1, 0.15) is 0 Å². The lowest BCUT2D eigenvalue weighted by molar-refractivity contribution is 1.52. The van der Waals surface area contributed by atoms with Crippen LogP contribution in [-0.4, -0.2) is 0 Å². The molecular weight excluding hydrogens is 542 g/mol. The van der Waals surface area contributed by atoms with Gasteiger partial charge in [-0.25, -0.2) is 0 Å². The third-order valence-corrected chi connectivity index (χ3v) is 8.68. The van der Waals surface area contributed by atoms with Gasteiger partial charge in [0, 0.05) is 11.4 Å². The van der Waals surface area contributed by atoms with Gasteiger partial charge in [0.2, 0.25) is 0 Å². The fourth-order valence-corrected chi connectivity index (χ4v) is 6.41. The first-order valence-electron chi connectivity index (χ1n) is 15.4. The van der Waals surface area contributed by atoms with Crippen molar-refractivity contribution >= 4 is 32.9 Å². The number of anilines is 2. The fraction of sp³-hybridized carbons (Fsp3) is 0. The Morgan fingerprint density at radius 1 is 0.267 bits per heavy atom. The Balaban J connectivity index is 1.11. The summed E-state index contributed by atoms with van der Waals surface area (Å²) < 4.78 is 0. The quantitative estimate of drug-likeness (QED) is 0.209. The van der Waals surface area contributed by atoms with Gasteiger partial charge < -0.3 is 5.32 Å². The first kappa shape index (κ1) is 26.7. The van der Waals surface area contributed by atoms with Gasteiger partial charge in [0.05, 0.1) is 0 Å². The molecule has 0 atom stereocenters. The average Bonchev–Trinajstić information content (AvgIpc) is 3.12. The number of rotatable bonds is 6. The van der Waals surface area contributed by atoms with Crippen LogP contribution in [0.15, 0.2) is 182 Å². The molecule has 212 valence electrons. The lowest BCUT2D eigenvalue weighted by atomic mass is 9.92. The minimum absolute atomic E-state index is 1.06. The van der Waals surface area contributed by atoms with E-state index in [9.17, 15) is 0 Å². The van der Waals surface area contributed by atoms with Crippen LogP contribution in [0, 0.1) is 0 Å². The molecule has 0 aliphatic rings. The molecule has 1 N–H and O–H groups in total. The van der Waals surface area contributed by atoms with Crippen molar-refractivity contribution in [3.05, 3.63) is 182 Å². The van der Waals surface area contributed by atoms with Crippen LogP contribution in [0.3, 0.4) is 0 Å². The van der Waals surface area contributed by atoms with Crippen molar-refractivity contribution in [1.29, 1.82) is 0 Å². The van der Waals surface area contributed by atoms with E-state index < -0.39 is 0 Å². The second-order valence-electron chi connectivity index (χ2n) is 11.5. The monoisotopic (exact) mass is 573 g/mol. The summed E-state index contributed by atoms with van der Waals surface area (Å²) in [5.41, 5.74) is 11.9. The Morgan fingerprint density at radius 2 is 0.711 bits per heavy atom. The summed E-state index contributed by atoms with van der Waals surface area (Å²) in [5, 5.41) is 8.72. The molecule has 8 rings (SSSR count). The topological polar surface area (TPSA) is 12.0 Å². The first-order valence-corrected chi connectivity index (χ1v) is 15.4. The molecule has 0 fully saturated rings. The van der Waals surface area contributed by atoms with Crippen LogP contribution < -0.4 is 5.32 Å². The van der Waals surface area contributed by atoms with Gasteiger partial charge in [-0.1, -0.05) is 158 Å². The maximum absolute atomic E-state index is 3.66. The van der Waals surface area contributed by atoms with Crippen LogP contribution in [0.1, 0.15) is 0 Å². The smallest absolute Gasteiger partial charge is 0.0390 e. The summed E-state index contributed by atoms with van der Waals surface area (Å²) in [6.45, 7) is 0. The van der Waals surface area contributed by atoms with E-state index in [4.69, 9.17) is 0 Å². The number of hydrogen-bond donors (Lipinski definition) is 1. The summed E-state index contributed by atoms with van der Waals surface area (Å²) in [4.78, 5) is 0. The molecule has 0 saturated carbocycles. The van der Waals surface area contributed by atoms with E-state index >= 15 is 0 Å². The van der Waals surface area contributed by atoms with Crippen LogP contribution in [-0.2, 0) is 0 Å². The Bertz CT molecular complexity index is 2250. The van der Waals surface area contributed by atoms with Gasteiger partial charge in [-0.05, 0) is 90.3 Å². The average molecular weight is 574 g/mol.